The summed E-state index contributed by atoms with van der Waals surface area (Å²) in [6.07, 6.45) is 3.64. The number of alkyl halides is 3. The zero-order chi connectivity index (χ0) is 18.7. The van der Waals surface area contributed by atoms with E-state index in [1.54, 1.807) is 4.90 Å². The third kappa shape index (κ3) is 6.14. The fraction of sp³-hybridized carbons (Fsp3) is 0.875. The van der Waals surface area contributed by atoms with Gasteiger partial charge in [-0.2, -0.15) is 0 Å². The number of ether oxygens (including phenoxy) is 3. The monoisotopic (exact) mass is 415 g/mol. The maximum absolute atomic E-state index is 12.7. The highest BCUT2D eigenvalue weighted by atomic mass is 35.6. The van der Waals surface area contributed by atoms with Gasteiger partial charge in [0.05, 0.1) is 18.8 Å². The number of aldehydes is 1. The highest BCUT2D eigenvalue weighted by molar-refractivity contribution is 6.67. The Balaban J connectivity index is 2.10. The van der Waals surface area contributed by atoms with Gasteiger partial charge in [-0.1, -0.05) is 34.8 Å². The molecule has 9 heteroatoms. The fourth-order valence-corrected chi connectivity index (χ4v) is 3.53. The van der Waals surface area contributed by atoms with Crippen molar-refractivity contribution >= 4 is 47.2 Å². The third-order valence-corrected chi connectivity index (χ3v) is 4.76. The molecule has 0 aromatic rings. The van der Waals surface area contributed by atoms with Gasteiger partial charge in [0.1, 0.15) is 12.9 Å². The molecule has 3 atom stereocenters. The SMILES string of the molecule is CC1(C)OC[C@H]2[C@@H](CC[C@H](CCCC=O)N2C(=O)OCC(Cl)(Cl)Cl)O1. The average Bonchev–Trinajstić information content (AvgIpc) is 2.51. The molecular formula is C16H24Cl3NO5. The molecule has 2 saturated heterocycles. The first kappa shape index (κ1) is 21.0. The Morgan fingerprint density at radius 3 is 2.72 bits per heavy atom. The van der Waals surface area contributed by atoms with Crippen molar-refractivity contribution in [2.75, 3.05) is 13.2 Å². The summed E-state index contributed by atoms with van der Waals surface area (Å²) < 4.78 is 15.2. The highest BCUT2D eigenvalue weighted by Crippen LogP contribution is 2.36. The van der Waals surface area contributed by atoms with Crippen molar-refractivity contribution in [3.63, 3.8) is 0 Å². The van der Waals surface area contributed by atoms with Crippen LogP contribution in [0.25, 0.3) is 0 Å². The Hall–Kier alpha value is -0.270. The number of hydrogen-bond acceptors (Lipinski definition) is 5. The van der Waals surface area contributed by atoms with Crippen LogP contribution in [0.4, 0.5) is 4.79 Å². The minimum Gasteiger partial charge on any atom is -0.445 e. The molecule has 0 radical (unpaired) electrons. The predicted molar refractivity (Wildman–Crippen MR) is 95.1 cm³/mol. The molecule has 0 unspecified atom stereocenters. The van der Waals surface area contributed by atoms with Gasteiger partial charge in [0.2, 0.25) is 3.79 Å². The quantitative estimate of drug-likeness (QED) is 0.387. The van der Waals surface area contributed by atoms with Crippen LogP contribution in [0.15, 0.2) is 0 Å². The number of carbonyl (C=O) groups excluding carboxylic acids is 2. The van der Waals surface area contributed by atoms with Gasteiger partial charge in [0.15, 0.2) is 5.79 Å². The standard InChI is InChI=1S/C16H24Cl3NO5/c1-15(2)24-9-12-13(25-15)7-6-11(5-3-4-8-21)20(12)14(22)23-10-16(17,18)19/h8,11-13H,3-7,9-10H2,1-2H3/t11-,12-,13+/m0/s1. The molecule has 2 aliphatic heterocycles. The van der Waals surface area contributed by atoms with Gasteiger partial charge in [0, 0.05) is 12.5 Å². The third-order valence-electron chi connectivity index (χ3n) is 4.43. The van der Waals surface area contributed by atoms with Crippen LogP contribution in [0.1, 0.15) is 46.0 Å². The summed E-state index contributed by atoms with van der Waals surface area (Å²) in [6.45, 7) is 3.72. The topological polar surface area (TPSA) is 65.1 Å². The van der Waals surface area contributed by atoms with Crippen molar-refractivity contribution in [1.82, 2.24) is 4.90 Å². The Labute approximate surface area is 163 Å². The van der Waals surface area contributed by atoms with E-state index in [0.29, 0.717) is 25.9 Å². The highest BCUT2D eigenvalue weighted by Gasteiger charge is 2.47. The van der Waals surface area contributed by atoms with E-state index in [2.05, 4.69) is 0 Å². The van der Waals surface area contributed by atoms with Crippen LogP contribution in [0.2, 0.25) is 0 Å². The number of hydrogen-bond donors (Lipinski definition) is 0. The van der Waals surface area contributed by atoms with Gasteiger partial charge in [0.25, 0.3) is 0 Å². The molecular weight excluding hydrogens is 393 g/mol. The van der Waals surface area contributed by atoms with Crippen molar-refractivity contribution in [2.45, 2.75) is 73.7 Å². The summed E-state index contributed by atoms with van der Waals surface area (Å²) in [5.41, 5.74) is 0. The number of rotatable bonds is 5. The summed E-state index contributed by atoms with van der Waals surface area (Å²) in [4.78, 5) is 24.9. The van der Waals surface area contributed by atoms with Crippen molar-refractivity contribution in [2.24, 2.45) is 0 Å². The van der Waals surface area contributed by atoms with Crippen LogP contribution < -0.4 is 0 Å². The number of amides is 1. The number of fused-ring (bicyclic) bond motifs is 1. The van der Waals surface area contributed by atoms with Gasteiger partial charge in [-0.3, -0.25) is 4.90 Å². The number of likely N-dealkylation sites (tertiary alicyclic amines) is 1. The first-order valence-corrected chi connectivity index (χ1v) is 9.53. The number of piperidine rings is 1. The lowest BCUT2D eigenvalue weighted by Crippen LogP contribution is -2.63. The molecule has 2 aliphatic rings. The number of halogens is 3. The average molecular weight is 417 g/mol. The molecule has 144 valence electrons. The fourth-order valence-electron chi connectivity index (χ4n) is 3.37. The van der Waals surface area contributed by atoms with Crippen LogP contribution in [0, 0.1) is 0 Å². The lowest BCUT2D eigenvalue weighted by molar-refractivity contribution is -0.301. The Bertz CT molecular complexity index is 483. The van der Waals surface area contributed by atoms with Crippen LogP contribution in [0.3, 0.4) is 0 Å². The lowest BCUT2D eigenvalue weighted by Gasteiger charge is -2.50. The van der Waals surface area contributed by atoms with Gasteiger partial charge in [-0.15, -0.1) is 0 Å². The summed E-state index contributed by atoms with van der Waals surface area (Å²) in [5, 5.41) is 0. The number of carbonyl (C=O) groups is 2. The molecule has 0 spiro atoms. The molecule has 25 heavy (non-hydrogen) atoms. The molecule has 6 nitrogen and oxygen atoms in total. The minimum atomic E-state index is -1.67. The number of nitrogens with zero attached hydrogens (tertiary/aromatic N) is 1. The summed E-state index contributed by atoms with van der Waals surface area (Å²) in [6, 6.07) is -0.316. The van der Waals surface area contributed by atoms with E-state index in [1.807, 2.05) is 13.8 Å². The zero-order valence-electron chi connectivity index (χ0n) is 14.4. The maximum atomic E-state index is 12.7. The van der Waals surface area contributed by atoms with E-state index < -0.39 is 15.7 Å². The van der Waals surface area contributed by atoms with E-state index in [9.17, 15) is 9.59 Å². The van der Waals surface area contributed by atoms with Crippen molar-refractivity contribution in [1.29, 1.82) is 0 Å². The smallest absolute Gasteiger partial charge is 0.410 e. The molecule has 1 amide bonds. The van der Waals surface area contributed by atoms with Crippen LogP contribution in [0.5, 0.6) is 0 Å². The molecule has 2 rings (SSSR count). The van der Waals surface area contributed by atoms with Crippen LogP contribution in [-0.4, -0.2) is 58.3 Å². The van der Waals surface area contributed by atoms with E-state index in [0.717, 1.165) is 19.1 Å². The van der Waals surface area contributed by atoms with Crippen molar-refractivity contribution in [3.05, 3.63) is 0 Å². The molecule has 2 heterocycles. The second kappa shape index (κ2) is 8.61. The predicted octanol–water partition coefficient (Wildman–Crippen LogP) is 3.85. The van der Waals surface area contributed by atoms with Gasteiger partial charge in [-0.25, -0.2) is 4.79 Å². The maximum Gasteiger partial charge on any atom is 0.410 e. The van der Waals surface area contributed by atoms with Crippen molar-refractivity contribution < 1.29 is 23.8 Å². The summed E-state index contributed by atoms with van der Waals surface area (Å²) in [5.74, 6) is -0.682. The van der Waals surface area contributed by atoms with Gasteiger partial charge >= 0.3 is 6.09 Å². The molecule has 0 aromatic carbocycles. The van der Waals surface area contributed by atoms with E-state index in [1.165, 1.54) is 0 Å². The normalized spacial score (nSPS) is 29.0. The largest absolute Gasteiger partial charge is 0.445 e. The van der Waals surface area contributed by atoms with E-state index in [4.69, 9.17) is 49.0 Å². The molecule has 0 aromatic heterocycles. The molecule has 0 saturated carbocycles. The number of unbranched alkanes of at least 4 members (excludes halogenated alkanes) is 1. The van der Waals surface area contributed by atoms with Gasteiger partial charge < -0.3 is 19.0 Å². The van der Waals surface area contributed by atoms with E-state index >= 15 is 0 Å². The molecule has 0 N–H and O–H groups in total. The second-order valence-corrected chi connectivity index (χ2v) is 9.36. The first-order chi connectivity index (χ1) is 11.6. The van der Waals surface area contributed by atoms with Crippen LogP contribution >= 0.6 is 34.8 Å². The summed E-state index contributed by atoms with van der Waals surface area (Å²) >= 11 is 17.0. The Morgan fingerprint density at radius 2 is 2.08 bits per heavy atom. The Morgan fingerprint density at radius 1 is 1.36 bits per heavy atom. The van der Waals surface area contributed by atoms with Gasteiger partial charge in [-0.05, 0) is 39.5 Å². The first-order valence-electron chi connectivity index (χ1n) is 8.40. The lowest BCUT2D eigenvalue weighted by atomic mass is 9.90. The Kier molecular flexibility index (Phi) is 7.25. The minimum absolute atomic E-state index is 0.0579. The molecule has 0 bridgehead atoms. The molecule has 0 aliphatic carbocycles. The van der Waals surface area contributed by atoms with Crippen LogP contribution in [-0.2, 0) is 19.0 Å². The summed E-state index contributed by atoms with van der Waals surface area (Å²) in [7, 11) is 0. The van der Waals surface area contributed by atoms with Crippen molar-refractivity contribution in [3.8, 4) is 0 Å². The van der Waals surface area contributed by atoms with E-state index in [-0.39, 0.29) is 24.8 Å². The second-order valence-electron chi connectivity index (χ2n) is 6.84. The molecule has 2 fully saturated rings. The zero-order valence-corrected chi connectivity index (χ0v) is 16.6.